The van der Waals surface area contributed by atoms with Crippen LogP contribution in [0.3, 0.4) is 0 Å². The van der Waals surface area contributed by atoms with E-state index >= 15 is 0 Å². The summed E-state index contributed by atoms with van der Waals surface area (Å²) in [6.07, 6.45) is 10.9. The lowest BCUT2D eigenvalue weighted by molar-refractivity contribution is 0.123. The minimum atomic E-state index is -0.591. The zero-order valence-corrected chi connectivity index (χ0v) is 14.5. The topological polar surface area (TPSA) is 40.5 Å². The number of hydrogen-bond donors (Lipinski definition) is 2. The lowest BCUT2D eigenvalue weighted by Gasteiger charge is -2.30. The molecule has 126 valence electrons. The van der Waals surface area contributed by atoms with E-state index in [9.17, 15) is 10.2 Å². The van der Waals surface area contributed by atoms with Crippen molar-refractivity contribution in [3.05, 3.63) is 46.6 Å². The van der Waals surface area contributed by atoms with Crippen LogP contribution in [0.1, 0.15) is 58.8 Å². The lowest BCUT2D eigenvalue weighted by Crippen LogP contribution is -2.27. The van der Waals surface area contributed by atoms with Gasteiger partial charge in [-0.25, -0.2) is 0 Å². The van der Waals surface area contributed by atoms with Crippen LogP contribution in [0, 0.1) is 11.8 Å². The number of hydrogen-bond acceptors (Lipinski definition) is 2. The Hall–Kier alpha value is -1.12. The third-order valence-electron chi connectivity index (χ3n) is 6.06. The molecule has 2 heteroatoms. The van der Waals surface area contributed by atoms with Gasteiger partial charge in [0.2, 0.25) is 0 Å². The molecule has 0 heterocycles. The SMILES string of the molecule is C=C1[C@H](O)CC(=C/C=C2\CCCC3C(=C(C)C)CCC23)C[C@H]1O. The molecule has 0 saturated heterocycles. The molecule has 0 spiro atoms. The van der Waals surface area contributed by atoms with Crippen molar-refractivity contribution in [3.63, 3.8) is 0 Å². The van der Waals surface area contributed by atoms with E-state index < -0.39 is 12.2 Å². The second kappa shape index (κ2) is 6.78. The first-order valence-electron chi connectivity index (χ1n) is 9.07. The average Bonchev–Trinajstić information content (AvgIpc) is 2.95. The highest BCUT2D eigenvalue weighted by molar-refractivity contribution is 5.32. The Labute approximate surface area is 140 Å². The minimum absolute atomic E-state index is 0.566. The molecule has 23 heavy (non-hydrogen) atoms. The van der Waals surface area contributed by atoms with E-state index in [4.69, 9.17) is 0 Å². The van der Waals surface area contributed by atoms with E-state index in [1.165, 1.54) is 37.7 Å². The van der Waals surface area contributed by atoms with Crippen molar-refractivity contribution in [2.75, 3.05) is 0 Å². The summed E-state index contributed by atoms with van der Waals surface area (Å²) in [4.78, 5) is 0. The van der Waals surface area contributed by atoms with Gasteiger partial charge in [0.15, 0.2) is 0 Å². The fourth-order valence-corrected chi connectivity index (χ4v) is 4.72. The number of aliphatic hydroxyl groups excluding tert-OH is 2. The summed E-state index contributed by atoms with van der Waals surface area (Å²) in [5.41, 5.74) is 6.52. The molecular weight excluding hydrogens is 284 g/mol. The van der Waals surface area contributed by atoms with Gasteiger partial charge < -0.3 is 10.2 Å². The lowest BCUT2D eigenvalue weighted by atomic mass is 9.75. The molecule has 3 fully saturated rings. The molecule has 2 nitrogen and oxygen atoms in total. The van der Waals surface area contributed by atoms with Crippen molar-refractivity contribution >= 4 is 0 Å². The molecule has 0 aromatic rings. The van der Waals surface area contributed by atoms with Gasteiger partial charge in [-0.05, 0) is 76.2 Å². The number of aliphatic hydroxyl groups is 2. The number of allylic oxidation sites excluding steroid dienone is 5. The van der Waals surface area contributed by atoms with E-state index in [0.29, 0.717) is 18.4 Å². The molecule has 2 N–H and O–H groups in total. The van der Waals surface area contributed by atoms with E-state index in [1.807, 2.05) is 0 Å². The Morgan fingerprint density at radius 3 is 2.35 bits per heavy atom. The summed E-state index contributed by atoms with van der Waals surface area (Å²) >= 11 is 0. The molecule has 0 bridgehead atoms. The van der Waals surface area contributed by atoms with Gasteiger partial charge >= 0.3 is 0 Å². The second-order valence-corrected chi connectivity index (χ2v) is 7.75. The van der Waals surface area contributed by atoms with Gasteiger partial charge in [-0.3, -0.25) is 0 Å². The molecule has 2 unspecified atom stereocenters. The fraction of sp³-hybridized carbons (Fsp3) is 0.619. The maximum atomic E-state index is 9.97. The Bertz CT molecular complexity index is 559. The first-order valence-corrected chi connectivity index (χ1v) is 9.07. The van der Waals surface area contributed by atoms with Crippen molar-refractivity contribution < 1.29 is 10.2 Å². The minimum Gasteiger partial charge on any atom is -0.388 e. The molecule has 0 aromatic heterocycles. The van der Waals surface area contributed by atoms with Gasteiger partial charge in [0.25, 0.3) is 0 Å². The zero-order valence-electron chi connectivity index (χ0n) is 14.5. The van der Waals surface area contributed by atoms with Crippen molar-refractivity contribution in [3.8, 4) is 0 Å². The van der Waals surface area contributed by atoms with Crippen molar-refractivity contribution in [1.82, 2.24) is 0 Å². The predicted molar refractivity (Wildman–Crippen MR) is 95.0 cm³/mol. The molecule has 4 atom stereocenters. The van der Waals surface area contributed by atoms with Gasteiger partial charge in [0.1, 0.15) is 0 Å². The highest BCUT2D eigenvalue weighted by atomic mass is 16.3. The molecule has 0 aromatic carbocycles. The van der Waals surface area contributed by atoms with Gasteiger partial charge in [0, 0.05) is 0 Å². The largest absolute Gasteiger partial charge is 0.388 e. The Morgan fingerprint density at radius 2 is 1.70 bits per heavy atom. The third kappa shape index (κ3) is 3.39. The second-order valence-electron chi connectivity index (χ2n) is 7.75. The summed E-state index contributed by atoms with van der Waals surface area (Å²) in [6.45, 7) is 8.30. The van der Waals surface area contributed by atoms with Crippen molar-refractivity contribution in [2.45, 2.75) is 71.0 Å². The van der Waals surface area contributed by atoms with Crippen LogP contribution < -0.4 is 0 Å². The summed E-state index contributed by atoms with van der Waals surface area (Å²) < 4.78 is 0. The number of rotatable bonds is 1. The van der Waals surface area contributed by atoms with Crippen molar-refractivity contribution in [2.24, 2.45) is 11.8 Å². The summed E-state index contributed by atoms with van der Waals surface area (Å²) in [6, 6.07) is 0. The van der Waals surface area contributed by atoms with Crippen LogP contribution in [0.25, 0.3) is 0 Å². The fourth-order valence-electron chi connectivity index (χ4n) is 4.72. The molecule has 3 aliphatic rings. The number of fused-ring (bicyclic) bond motifs is 1. The Kier molecular flexibility index (Phi) is 4.93. The molecular formula is C21H30O2. The van der Waals surface area contributed by atoms with Gasteiger partial charge in [-0.1, -0.05) is 41.0 Å². The highest BCUT2D eigenvalue weighted by Gasteiger charge is 2.36. The van der Waals surface area contributed by atoms with Gasteiger partial charge in [-0.15, -0.1) is 0 Å². The summed E-state index contributed by atoms with van der Waals surface area (Å²) in [5, 5.41) is 19.9. The van der Waals surface area contributed by atoms with Crippen LogP contribution in [-0.2, 0) is 0 Å². The van der Waals surface area contributed by atoms with E-state index in [2.05, 4.69) is 32.6 Å². The smallest absolute Gasteiger partial charge is 0.0809 e. The maximum absolute atomic E-state index is 9.97. The first kappa shape index (κ1) is 16.7. The molecule has 3 aliphatic carbocycles. The molecule has 0 radical (unpaired) electrons. The Morgan fingerprint density at radius 1 is 1.00 bits per heavy atom. The monoisotopic (exact) mass is 314 g/mol. The van der Waals surface area contributed by atoms with Crippen LogP contribution in [-0.4, -0.2) is 22.4 Å². The van der Waals surface area contributed by atoms with Gasteiger partial charge in [0.05, 0.1) is 12.2 Å². The first-order chi connectivity index (χ1) is 11.0. The van der Waals surface area contributed by atoms with Crippen LogP contribution in [0.4, 0.5) is 0 Å². The van der Waals surface area contributed by atoms with Crippen LogP contribution in [0.2, 0.25) is 0 Å². The van der Waals surface area contributed by atoms with Gasteiger partial charge in [-0.2, -0.15) is 0 Å². The van der Waals surface area contributed by atoms with E-state index in [-0.39, 0.29) is 0 Å². The zero-order chi connectivity index (χ0) is 16.6. The maximum Gasteiger partial charge on any atom is 0.0809 e. The summed E-state index contributed by atoms with van der Waals surface area (Å²) in [7, 11) is 0. The summed E-state index contributed by atoms with van der Waals surface area (Å²) in [5.74, 6) is 1.49. The van der Waals surface area contributed by atoms with Crippen LogP contribution in [0.5, 0.6) is 0 Å². The van der Waals surface area contributed by atoms with Crippen LogP contribution >= 0.6 is 0 Å². The third-order valence-corrected chi connectivity index (χ3v) is 6.06. The quantitative estimate of drug-likeness (QED) is 0.702. The molecule has 0 aliphatic heterocycles. The molecule has 3 rings (SSSR count). The normalized spacial score (nSPS) is 36.3. The van der Waals surface area contributed by atoms with Crippen molar-refractivity contribution in [1.29, 1.82) is 0 Å². The average molecular weight is 314 g/mol. The van der Waals surface area contributed by atoms with E-state index in [1.54, 1.807) is 11.1 Å². The standard InChI is InChI=1S/C21H30O2/c1-13(2)17-9-10-18-16(5-4-6-19(17)18)8-7-15-11-20(22)14(3)21(23)12-15/h7-8,18-23H,3-6,9-12H2,1-2H3/b16-8+/t18?,19?,20-,21-/m1/s1. The van der Waals surface area contributed by atoms with E-state index in [0.717, 1.165) is 17.4 Å². The molecule has 0 amide bonds. The highest BCUT2D eigenvalue weighted by Crippen LogP contribution is 2.49. The Balaban J connectivity index is 1.76. The van der Waals surface area contributed by atoms with Crippen LogP contribution in [0.15, 0.2) is 46.6 Å². The predicted octanol–water partition coefficient (Wildman–Crippen LogP) is 4.46. The molecule has 3 saturated carbocycles.